The topological polar surface area (TPSA) is 52.3 Å². The van der Waals surface area contributed by atoms with Gasteiger partial charge in [0.2, 0.25) is 0 Å². The number of halogens is 6. The second-order valence-electron chi connectivity index (χ2n) is 5.90. The first-order valence-electron chi connectivity index (χ1n) is 8.03. The summed E-state index contributed by atoms with van der Waals surface area (Å²) < 4.78 is 83.4. The quantitative estimate of drug-likeness (QED) is 0.430. The lowest BCUT2D eigenvalue weighted by molar-refractivity contribution is -0.147. The molecule has 0 aliphatic rings. The normalized spacial score (nSPS) is 12.5. The van der Waals surface area contributed by atoms with Gasteiger partial charge in [0, 0.05) is 0 Å². The lowest BCUT2D eigenvalue weighted by Gasteiger charge is -2.10. The molecule has 0 atom stereocenters. The average Bonchev–Trinajstić information content (AvgIpc) is 3.04. The largest absolute Gasteiger partial charge is 0.453 e. The molecule has 152 valence electrons. The van der Waals surface area contributed by atoms with Gasteiger partial charge in [-0.15, -0.1) is 5.10 Å². The highest BCUT2D eigenvalue weighted by Crippen LogP contribution is 2.34. The van der Waals surface area contributed by atoms with Crippen molar-refractivity contribution < 1.29 is 31.1 Å². The van der Waals surface area contributed by atoms with Gasteiger partial charge in [-0.05, 0) is 30.7 Å². The zero-order valence-corrected chi connectivity index (χ0v) is 14.7. The molecule has 0 unspecified atom stereocenters. The molecule has 3 rings (SSSR count). The highest BCUT2D eigenvalue weighted by Gasteiger charge is 2.39. The van der Waals surface area contributed by atoms with Crippen LogP contribution in [0.5, 0.6) is 11.8 Å². The molecular weight excluding hydrogens is 402 g/mol. The minimum absolute atomic E-state index is 0.278. The molecule has 0 fully saturated rings. The van der Waals surface area contributed by atoms with Crippen LogP contribution in [0.3, 0.4) is 0 Å². The van der Waals surface area contributed by atoms with Gasteiger partial charge in [0.05, 0.1) is 11.8 Å². The van der Waals surface area contributed by atoms with Crippen LogP contribution >= 0.6 is 0 Å². The second kappa shape index (κ2) is 7.57. The number of benzene rings is 2. The van der Waals surface area contributed by atoms with Crippen molar-refractivity contribution in [3.05, 3.63) is 71.0 Å². The molecule has 3 aromatic rings. The first-order valence-corrected chi connectivity index (χ1v) is 8.03. The number of alkyl halides is 6. The highest BCUT2D eigenvalue weighted by atomic mass is 19.4. The maximum absolute atomic E-state index is 13.2. The van der Waals surface area contributed by atoms with Crippen molar-refractivity contribution >= 4 is 6.21 Å². The number of hydrogen-bond acceptors (Lipinski definition) is 4. The van der Waals surface area contributed by atoms with Crippen molar-refractivity contribution in [3.63, 3.8) is 0 Å². The number of hydrogen-bond donors (Lipinski definition) is 0. The maximum Gasteiger partial charge on any atom is 0.453 e. The molecule has 0 spiro atoms. The van der Waals surface area contributed by atoms with E-state index in [4.69, 9.17) is 4.74 Å². The van der Waals surface area contributed by atoms with E-state index in [-0.39, 0.29) is 10.4 Å². The number of nitrogens with zero attached hydrogens (tertiary/aromatic N) is 4. The van der Waals surface area contributed by atoms with E-state index in [0.29, 0.717) is 11.6 Å². The van der Waals surface area contributed by atoms with Crippen LogP contribution in [-0.4, -0.2) is 21.1 Å². The van der Waals surface area contributed by atoms with Gasteiger partial charge < -0.3 is 4.74 Å². The van der Waals surface area contributed by atoms with Crippen LogP contribution in [0.2, 0.25) is 0 Å². The fourth-order valence-electron chi connectivity index (χ4n) is 2.23. The van der Waals surface area contributed by atoms with E-state index >= 15 is 0 Å². The summed E-state index contributed by atoms with van der Waals surface area (Å²) in [5.74, 6) is -1.85. The summed E-state index contributed by atoms with van der Waals surface area (Å²) in [5.41, 5.74) is 0.402. The van der Waals surface area contributed by atoms with Gasteiger partial charge in [0.15, 0.2) is 0 Å². The standard InChI is InChI=1S/C18H12F6N4O/c1-11-5-7-12(8-6-11)10-25-28-15(18(22,23)24)26-27-16(28)29-14-4-2-3-13(9-14)17(19,20)21/h2-10H,1H3/b25-10+. The minimum Gasteiger partial charge on any atom is -0.423 e. The van der Waals surface area contributed by atoms with Crippen LogP contribution in [0.1, 0.15) is 22.5 Å². The van der Waals surface area contributed by atoms with Crippen molar-refractivity contribution in [2.45, 2.75) is 19.3 Å². The van der Waals surface area contributed by atoms with Crippen LogP contribution in [0.25, 0.3) is 0 Å². The van der Waals surface area contributed by atoms with E-state index < -0.39 is 29.8 Å². The third-order valence-electron chi connectivity index (χ3n) is 3.64. The fraction of sp³-hybridized carbons (Fsp3) is 0.167. The Morgan fingerprint density at radius 2 is 1.62 bits per heavy atom. The van der Waals surface area contributed by atoms with Crippen LogP contribution in [0.4, 0.5) is 26.3 Å². The Kier molecular flexibility index (Phi) is 5.31. The Balaban J connectivity index is 1.97. The third-order valence-corrected chi connectivity index (χ3v) is 3.64. The summed E-state index contributed by atoms with van der Waals surface area (Å²) in [4.78, 5) is 0. The molecule has 0 aliphatic carbocycles. The van der Waals surface area contributed by atoms with Gasteiger partial charge >= 0.3 is 18.4 Å². The summed E-state index contributed by atoms with van der Waals surface area (Å²) in [7, 11) is 0. The van der Waals surface area contributed by atoms with Gasteiger partial charge in [-0.25, -0.2) is 0 Å². The molecule has 11 heteroatoms. The Morgan fingerprint density at radius 3 is 2.24 bits per heavy atom. The average molecular weight is 414 g/mol. The van der Waals surface area contributed by atoms with Crippen molar-refractivity contribution in [2.24, 2.45) is 5.10 Å². The molecule has 1 aromatic heterocycles. The summed E-state index contributed by atoms with van der Waals surface area (Å²) >= 11 is 0. The summed E-state index contributed by atoms with van der Waals surface area (Å²) in [6.45, 7) is 1.84. The van der Waals surface area contributed by atoms with E-state index in [0.717, 1.165) is 30.0 Å². The highest BCUT2D eigenvalue weighted by molar-refractivity contribution is 5.79. The number of ether oxygens (including phenoxy) is 1. The van der Waals surface area contributed by atoms with Crippen molar-refractivity contribution in [3.8, 4) is 11.8 Å². The van der Waals surface area contributed by atoms with Gasteiger partial charge in [-0.1, -0.05) is 41.0 Å². The molecule has 0 radical (unpaired) electrons. The molecular formula is C18H12F6N4O. The van der Waals surface area contributed by atoms with Gasteiger partial charge in [-0.2, -0.15) is 36.1 Å². The molecule has 0 N–H and O–H groups in total. The predicted molar refractivity (Wildman–Crippen MR) is 90.7 cm³/mol. The van der Waals surface area contributed by atoms with E-state index in [2.05, 4.69) is 15.3 Å². The van der Waals surface area contributed by atoms with E-state index in [1.807, 2.05) is 6.92 Å². The second-order valence-corrected chi connectivity index (χ2v) is 5.90. The Hall–Kier alpha value is -3.37. The summed E-state index contributed by atoms with van der Waals surface area (Å²) in [5, 5.41) is 9.98. The first-order chi connectivity index (χ1) is 13.5. The molecule has 0 bridgehead atoms. The first kappa shape index (κ1) is 20.4. The molecule has 29 heavy (non-hydrogen) atoms. The fourth-order valence-corrected chi connectivity index (χ4v) is 2.23. The van der Waals surface area contributed by atoms with Crippen molar-refractivity contribution in [2.75, 3.05) is 0 Å². The number of rotatable bonds is 4. The molecule has 0 aliphatic heterocycles. The SMILES string of the molecule is Cc1ccc(/C=N/n2c(Oc3cccc(C(F)(F)F)c3)nnc2C(F)(F)F)cc1. The summed E-state index contributed by atoms with van der Waals surface area (Å²) in [6, 6.07) is 9.62. The van der Waals surface area contributed by atoms with Gasteiger partial charge in [-0.3, -0.25) is 0 Å². The molecule has 2 aromatic carbocycles. The summed E-state index contributed by atoms with van der Waals surface area (Å²) in [6.07, 6.45) is -8.43. The number of aryl methyl sites for hydroxylation is 1. The van der Waals surface area contributed by atoms with E-state index in [1.165, 1.54) is 0 Å². The van der Waals surface area contributed by atoms with Crippen molar-refractivity contribution in [1.82, 2.24) is 14.9 Å². The van der Waals surface area contributed by atoms with E-state index in [9.17, 15) is 26.3 Å². The predicted octanol–water partition coefficient (Wildman–Crippen LogP) is 5.30. The minimum atomic E-state index is -4.91. The van der Waals surface area contributed by atoms with E-state index in [1.54, 1.807) is 24.3 Å². The third kappa shape index (κ3) is 4.92. The zero-order chi connectivity index (χ0) is 21.2. The monoisotopic (exact) mass is 414 g/mol. The smallest absolute Gasteiger partial charge is 0.423 e. The zero-order valence-electron chi connectivity index (χ0n) is 14.7. The van der Waals surface area contributed by atoms with Crippen LogP contribution in [0.15, 0.2) is 53.6 Å². The maximum atomic E-state index is 13.2. The Labute approximate surface area is 160 Å². The van der Waals surface area contributed by atoms with Crippen LogP contribution in [0, 0.1) is 6.92 Å². The van der Waals surface area contributed by atoms with Crippen molar-refractivity contribution in [1.29, 1.82) is 0 Å². The molecule has 1 heterocycles. The Bertz CT molecular complexity index is 1020. The van der Waals surface area contributed by atoms with Crippen LogP contribution < -0.4 is 4.74 Å². The molecule has 0 saturated carbocycles. The lowest BCUT2D eigenvalue weighted by Crippen LogP contribution is -2.13. The molecule has 5 nitrogen and oxygen atoms in total. The van der Waals surface area contributed by atoms with Gasteiger partial charge in [0.1, 0.15) is 5.75 Å². The molecule has 0 amide bonds. The Morgan fingerprint density at radius 1 is 0.931 bits per heavy atom. The lowest BCUT2D eigenvalue weighted by atomic mass is 10.2. The van der Waals surface area contributed by atoms with Crippen LogP contribution in [-0.2, 0) is 12.4 Å². The molecule has 0 saturated heterocycles. The van der Waals surface area contributed by atoms with Gasteiger partial charge in [0.25, 0.3) is 5.82 Å². The number of aromatic nitrogens is 3.